The van der Waals surface area contributed by atoms with Crippen LogP contribution in [-0.2, 0) is 9.53 Å². The summed E-state index contributed by atoms with van der Waals surface area (Å²) in [6.07, 6.45) is 0.984. The number of esters is 1. The number of aliphatic hydroxyl groups excluding tert-OH is 1. The normalized spacial score (nSPS) is 13.0. The molecular formula is C9H17BrO3. The van der Waals surface area contributed by atoms with Crippen molar-refractivity contribution in [3.05, 3.63) is 0 Å². The van der Waals surface area contributed by atoms with Gasteiger partial charge in [0, 0.05) is 5.33 Å². The first kappa shape index (κ1) is 12.9. The Kier molecular flexibility index (Phi) is 7.28. The molecule has 0 spiro atoms. The van der Waals surface area contributed by atoms with Crippen molar-refractivity contribution in [1.82, 2.24) is 0 Å². The molecule has 0 heterocycles. The molecule has 13 heavy (non-hydrogen) atoms. The van der Waals surface area contributed by atoms with Crippen molar-refractivity contribution in [2.45, 2.75) is 32.8 Å². The van der Waals surface area contributed by atoms with Gasteiger partial charge in [-0.15, -0.1) is 0 Å². The number of ether oxygens (including phenoxy) is 1. The maximum absolute atomic E-state index is 11.3. The lowest BCUT2D eigenvalue weighted by atomic mass is 10.0. The van der Waals surface area contributed by atoms with E-state index < -0.39 is 6.10 Å². The van der Waals surface area contributed by atoms with Gasteiger partial charge in [0.25, 0.3) is 0 Å². The second kappa shape index (κ2) is 7.33. The highest BCUT2D eigenvalue weighted by atomic mass is 79.9. The van der Waals surface area contributed by atoms with Crippen LogP contribution < -0.4 is 0 Å². The average molecular weight is 253 g/mol. The van der Waals surface area contributed by atoms with E-state index in [0.717, 1.165) is 12.8 Å². The third-order valence-electron chi connectivity index (χ3n) is 1.92. The molecule has 0 radical (unpaired) electrons. The van der Waals surface area contributed by atoms with Gasteiger partial charge in [0.2, 0.25) is 0 Å². The maximum atomic E-state index is 11.3. The molecule has 1 N–H and O–H groups in total. The monoisotopic (exact) mass is 252 g/mol. The molecule has 0 saturated heterocycles. The molecule has 1 unspecified atom stereocenters. The van der Waals surface area contributed by atoms with Gasteiger partial charge in [-0.05, 0) is 12.8 Å². The third-order valence-corrected chi connectivity index (χ3v) is 2.66. The quantitative estimate of drug-likeness (QED) is 0.579. The topological polar surface area (TPSA) is 46.5 Å². The molecule has 3 nitrogen and oxygen atoms in total. The summed E-state index contributed by atoms with van der Waals surface area (Å²) in [7, 11) is 0. The van der Waals surface area contributed by atoms with Crippen molar-refractivity contribution in [2.24, 2.45) is 5.92 Å². The standard InChI is InChI=1S/C9H17BrO3/c1-3-7(4-2)9(12)13-6-8(11)5-10/h7-8,11H,3-6H2,1-2H3. The zero-order valence-corrected chi connectivity index (χ0v) is 9.71. The molecule has 0 aromatic carbocycles. The first-order valence-electron chi connectivity index (χ1n) is 4.56. The number of aliphatic hydroxyl groups is 1. The van der Waals surface area contributed by atoms with Crippen LogP contribution in [0, 0.1) is 5.92 Å². The Morgan fingerprint density at radius 2 is 2.00 bits per heavy atom. The van der Waals surface area contributed by atoms with Gasteiger partial charge in [0.15, 0.2) is 0 Å². The zero-order chi connectivity index (χ0) is 10.3. The number of rotatable bonds is 6. The molecule has 0 aliphatic rings. The van der Waals surface area contributed by atoms with E-state index in [0.29, 0.717) is 5.33 Å². The van der Waals surface area contributed by atoms with Gasteiger partial charge in [-0.25, -0.2) is 0 Å². The van der Waals surface area contributed by atoms with Crippen molar-refractivity contribution in [2.75, 3.05) is 11.9 Å². The van der Waals surface area contributed by atoms with Crippen LogP contribution in [0.25, 0.3) is 0 Å². The molecule has 0 amide bonds. The van der Waals surface area contributed by atoms with Crippen LogP contribution in [0.3, 0.4) is 0 Å². The lowest BCUT2D eigenvalue weighted by molar-refractivity contribution is -0.151. The Labute approximate surface area is 87.6 Å². The summed E-state index contributed by atoms with van der Waals surface area (Å²) >= 11 is 3.09. The molecule has 0 aliphatic heterocycles. The highest BCUT2D eigenvalue weighted by Crippen LogP contribution is 2.09. The molecule has 0 bridgehead atoms. The predicted octanol–water partition coefficient (Wildman–Crippen LogP) is 1.72. The zero-order valence-electron chi connectivity index (χ0n) is 8.12. The molecule has 0 aliphatic carbocycles. The van der Waals surface area contributed by atoms with Crippen molar-refractivity contribution < 1.29 is 14.6 Å². The minimum atomic E-state index is -0.599. The smallest absolute Gasteiger partial charge is 0.308 e. The SMILES string of the molecule is CCC(CC)C(=O)OCC(O)CBr. The predicted molar refractivity (Wildman–Crippen MR) is 54.8 cm³/mol. The van der Waals surface area contributed by atoms with Crippen molar-refractivity contribution in [3.8, 4) is 0 Å². The molecule has 1 atom stereocenters. The second-order valence-corrected chi connectivity index (χ2v) is 3.60. The van der Waals surface area contributed by atoms with Gasteiger partial charge in [-0.1, -0.05) is 29.8 Å². The third kappa shape index (κ3) is 5.26. The number of halogens is 1. The number of carbonyl (C=O) groups is 1. The number of carbonyl (C=O) groups excluding carboxylic acids is 1. The number of hydrogen-bond acceptors (Lipinski definition) is 3. The van der Waals surface area contributed by atoms with E-state index >= 15 is 0 Å². The molecule has 0 aromatic rings. The van der Waals surface area contributed by atoms with E-state index in [1.54, 1.807) is 0 Å². The highest BCUT2D eigenvalue weighted by molar-refractivity contribution is 9.09. The first-order chi connectivity index (χ1) is 6.15. The second-order valence-electron chi connectivity index (χ2n) is 2.95. The molecule has 0 aromatic heterocycles. The number of alkyl halides is 1. The average Bonchev–Trinajstić information content (AvgIpc) is 2.16. The van der Waals surface area contributed by atoms with Crippen LogP contribution in [0.4, 0.5) is 0 Å². The largest absolute Gasteiger partial charge is 0.463 e. The fourth-order valence-electron chi connectivity index (χ4n) is 0.963. The Morgan fingerprint density at radius 1 is 1.46 bits per heavy atom. The number of hydrogen-bond donors (Lipinski definition) is 1. The van der Waals surface area contributed by atoms with E-state index in [9.17, 15) is 4.79 Å². The summed E-state index contributed by atoms with van der Waals surface area (Å²) in [6.45, 7) is 3.99. The van der Waals surface area contributed by atoms with E-state index in [1.807, 2.05) is 13.8 Å². The minimum absolute atomic E-state index is 0.0254. The minimum Gasteiger partial charge on any atom is -0.463 e. The Morgan fingerprint density at radius 3 is 2.38 bits per heavy atom. The summed E-state index contributed by atoms with van der Waals surface area (Å²) in [4.78, 5) is 11.3. The molecule has 0 saturated carbocycles. The van der Waals surface area contributed by atoms with Crippen LogP contribution in [0.5, 0.6) is 0 Å². The van der Waals surface area contributed by atoms with Crippen LogP contribution in [-0.4, -0.2) is 29.1 Å². The first-order valence-corrected chi connectivity index (χ1v) is 5.68. The van der Waals surface area contributed by atoms with Gasteiger partial charge < -0.3 is 9.84 Å². The lowest BCUT2D eigenvalue weighted by Gasteiger charge is -2.13. The van der Waals surface area contributed by atoms with E-state index in [2.05, 4.69) is 15.9 Å². The van der Waals surface area contributed by atoms with Gasteiger partial charge >= 0.3 is 5.97 Å². The van der Waals surface area contributed by atoms with Crippen LogP contribution in [0.1, 0.15) is 26.7 Å². The molecule has 0 rings (SSSR count). The highest BCUT2D eigenvalue weighted by Gasteiger charge is 2.16. The summed E-state index contributed by atoms with van der Waals surface area (Å²) in [5.41, 5.74) is 0. The Bertz CT molecular complexity index is 146. The van der Waals surface area contributed by atoms with Crippen LogP contribution in [0.2, 0.25) is 0 Å². The summed E-state index contributed by atoms with van der Waals surface area (Å²) in [5.74, 6) is -0.229. The van der Waals surface area contributed by atoms with Gasteiger partial charge in [-0.2, -0.15) is 0 Å². The molecule has 4 heteroatoms. The van der Waals surface area contributed by atoms with Gasteiger partial charge in [-0.3, -0.25) is 4.79 Å². The molecular weight excluding hydrogens is 236 g/mol. The van der Waals surface area contributed by atoms with Crippen LogP contribution >= 0.6 is 15.9 Å². The summed E-state index contributed by atoms with van der Waals surface area (Å²) in [5, 5.41) is 9.54. The van der Waals surface area contributed by atoms with E-state index in [4.69, 9.17) is 9.84 Å². The Hall–Kier alpha value is -0.0900. The molecule has 0 fully saturated rings. The lowest BCUT2D eigenvalue weighted by Crippen LogP contribution is -2.23. The molecule has 78 valence electrons. The van der Waals surface area contributed by atoms with Crippen molar-refractivity contribution >= 4 is 21.9 Å². The van der Waals surface area contributed by atoms with E-state index in [1.165, 1.54) is 0 Å². The fraction of sp³-hybridized carbons (Fsp3) is 0.889. The summed E-state index contributed by atoms with van der Waals surface area (Å²) < 4.78 is 4.92. The van der Waals surface area contributed by atoms with Gasteiger partial charge in [0.1, 0.15) is 6.61 Å². The van der Waals surface area contributed by atoms with Crippen molar-refractivity contribution in [3.63, 3.8) is 0 Å². The van der Waals surface area contributed by atoms with Crippen molar-refractivity contribution in [1.29, 1.82) is 0 Å². The van der Waals surface area contributed by atoms with Gasteiger partial charge in [0.05, 0.1) is 12.0 Å². The summed E-state index contributed by atoms with van der Waals surface area (Å²) in [6, 6.07) is 0. The fourth-order valence-corrected chi connectivity index (χ4v) is 1.15. The maximum Gasteiger partial charge on any atom is 0.308 e. The van der Waals surface area contributed by atoms with E-state index in [-0.39, 0.29) is 18.5 Å². The Balaban J connectivity index is 3.72. The van der Waals surface area contributed by atoms with Crippen LogP contribution in [0.15, 0.2) is 0 Å².